The van der Waals surface area contributed by atoms with Gasteiger partial charge in [-0.05, 0) is 31.4 Å². The Hall–Kier alpha value is -1.85. The van der Waals surface area contributed by atoms with E-state index in [1.54, 1.807) is 11.3 Å². The number of halogens is 1. The number of hydrogen-bond donors (Lipinski definition) is 1. The second kappa shape index (κ2) is 5.11. The van der Waals surface area contributed by atoms with Crippen LogP contribution in [0.15, 0.2) is 30.5 Å². The van der Waals surface area contributed by atoms with Gasteiger partial charge >= 0.3 is 5.97 Å². The van der Waals surface area contributed by atoms with Crippen molar-refractivity contribution in [2.75, 3.05) is 0 Å². The third-order valence-corrected chi connectivity index (χ3v) is 5.48. The minimum atomic E-state index is -0.748. The van der Waals surface area contributed by atoms with Crippen LogP contribution in [0.5, 0.6) is 0 Å². The summed E-state index contributed by atoms with van der Waals surface area (Å²) in [5.74, 6) is -1.17. The minimum absolute atomic E-state index is 0.426. The van der Waals surface area contributed by atoms with Gasteiger partial charge in [0.15, 0.2) is 4.96 Å². The number of aryl methyl sites for hydroxylation is 1. The van der Waals surface area contributed by atoms with E-state index in [4.69, 9.17) is 11.6 Å². The molecule has 0 spiro atoms. The van der Waals surface area contributed by atoms with E-state index < -0.39 is 11.9 Å². The van der Waals surface area contributed by atoms with Gasteiger partial charge in [-0.1, -0.05) is 23.7 Å². The summed E-state index contributed by atoms with van der Waals surface area (Å²) in [5.41, 5.74) is 2.74. The van der Waals surface area contributed by atoms with E-state index in [1.807, 2.05) is 34.9 Å². The SMILES string of the molecule is O=C(O)C1CCCc2sc3nc(-c4ccc(Cl)cc4)cn3c21. The Morgan fingerprint density at radius 1 is 1.36 bits per heavy atom. The lowest BCUT2D eigenvalue weighted by molar-refractivity contribution is -0.139. The largest absolute Gasteiger partial charge is 0.481 e. The highest BCUT2D eigenvalue weighted by atomic mass is 35.5. The monoisotopic (exact) mass is 332 g/mol. The standard InChI is InChI=1S/C16H13ClN2O2S/c17-10-6-4-9(5-7-10)12-8-19-14-11(15(20)21)2-1-3-13(14)22-16(19)18-12/h4-8,11H,1-3H2,(H,20,21). The van der Waals surface area contributed by atoms with Crippen LogP contribution in [-0.2, 0) is 11.2 Å². The molecule has 0 bridgehead atoms. The lowest BCUT2D eigenvalue weighted by Gasteiger charge is -2.18. The number of imidazole rings is 1. The highest BCUT2D eigenvalue weighted by Crippen LogP contribution is 2.38. The first kappa shape index (κ1) is 13.8. The van der Waals surface area contributed by atoms with E-state index in [0.717, 1.165) is 39.6 Å². The lowest BCUT2D eigenvalue weighted by Crippen LogP contribution is -2.18. The zero-order chi connectivity index (χ0) is 15.3. The third-order valence-electron chi connectivity index (χ3n) is 4.10. The number of hydrogen-bond acceptors (Lipinski definition) is 3. The van der Waals surface area contributed by atoms with Gasteiger partial charge in [-0.2, -0.15) is 0 Å². The molecule has 112 valence electrons. The molecular formula is C16H13ClN2O2S. The van der Waals surface area contributed by atoms with Gasteiger partial charge in [0.1, 0.15) is 0 Å². The van der Waals surface area contributed by atoms with Gasteiger partial charge < -0.3 is 5.11 Å². The maximum atomic E-state index is 11.5. The smallest absolute Gasteiger partial charge is 0.312 e. The van der Waals surface area contributed by atoms with Crippen molar-refractivity contribution in [3.63, 3.8) is 0 Å². The van der Waals surface area contributed by atoms with Crippen molar-refractivity contribution in [3.8, 4) is 11.3 Å². The molecule has 0 aliphatic heterocycles. The van der Waals surface area contributed by atoms with Crippen LogP contribution in [0.2, 0.25) is 5.02 Å². The highest BCUT2D eigenvalue weighted by Gasteiger charge is 2.31. The van der Waals surface area contributed by atoms with E-state index in [1.165, 1.54) is 0 Å². The van der Waals surface area contributed by atoms with Gasteiger partial charge in [0.05, 0.1) is 17.3 Å². The average molecular weight is 333 g/mol. The molecule has 1 unspecified atom stereocenters. The Morgan fingerprint density at radius 3 is 2.86 bits per heavy atom. The first-order valence-electron chi connectivity index (χ1n) is 7.13. The summed E-state index contributed by atoms with van der Waals surface area (Å²) in [4.78, 5) is 18.2. The van der Waals surface area contributed by atoms with Gasteiger partial charge in [0, 0.05) is 21.7 Å². The van der Waals surface area contributed by atoms with Crippen molar-refractivity contribution in [2.24, 2.45) is 0 Å². The molecule has 0 radical (unpaired) electrons. The number of carbonyl (C=O) groups is 1. The highest BCUT2D eigenvalue weighted by molar-refractivity contribution is 7.17. The molecule has 0 amide bonds. The fourth-order valence-electron chi connectivity index (χ4n) is 3.05. The zero-order valence-corrected chi connectivity index (χ0v) is 13.2. The number of nitrogens with zero attached hydrogens (tertiary/aromatic N) is 2. The Balaban J connectivity index is 1.86. The number of aliphatic carboxylic acids is 1. The molecule has 1 atom stereocenters. The van der Waals surface area contributed by atoms with E-state index in [9.17, 15) is 9.90 Å². The van der Waals surface area contributed by atoms with E-state index in [2.05, 4.69) is 4.98 Å². The van der Waals surface area contributed by atoms with E-state index in [0.29, 0.717) is 11.4 Å². The van der Waals surface area contributed by atoms with Crippen LogP contribution in [0.3, 0.4) is 0 Å². The second-order valence-electron chi connectivity index (χ2n) is 5.48. The molecule has 2 heterocycles. The van der Waals surface area contributed by atoms with Crippen molar-refractivity contribution in [1.82, 2.24) is 9.38 Å². The van der Waals surface area contributed by atoms with Gasteiger partial charge in [-0.25, -0.2) is 4.98 Å². The number of rotatable bonds is 2. The average Bonchev–Trinajstić information content (AvgIpc) is 3.04. The van der Waals surface area contributed by atoms with Crippen LogP contribution in [0.4, 0.5) is 0 Å². The molecule has 22 heavy (non-hydrogen) atoms. The summed E-state index contributed by atoms with van der Waals surface area (Å²) >= 11 is 7.52. The molecule has 0 saturated carbocycles. The Morgan fingerprint density at radius 2 is 2.14 bits per heavy atom. The predicted octanol–water partition coefficient (Wildman–Crippen LogP) is 4.22. The van der Waals surface area contributed by atoms with E-state index in [-0.39, 0.29) is 0 Å². The molecule has 1 N–H and O–H groups in total. The van der Waals surface area contributed by atoms with Crippen molar-refractivity contribution < 1.29 is 9.90 Å². The van der Waals surface area contributed by atoms with Gasteiger partial charge in [0.2, 0.25) is 0 Å². The summed E-state index contributed by atoms with van der Waals surface area (Å²) in [6.45, 7) is 0. The van der Waals surface area contributed by atoms with Crippen LogP contribution < -0.4 is 0 Å². The molecule has 4 nitrogen and oxygen atoms in total. The summed E-state index contributed by atoms with van der Waals surface area (Å²) in [6, 6.07) is 7.52. The van der Waals surface area contributed by atoms with Crippen molar-refractivity contribution in [1.29, 1.82) is 0 Å². The van der Waals surface area contributed by atoms with Crippen LogP contribution in [0.25, 0.3) is 16.2 Å². The Bertz CT molecular complexity index is 866. The molecule has 0 fully saturated rings. The van der Waals surface area contributed by atoms with Gasteiger partial charge in [-0.3, -0.25) is 9.20 Å². The quantitative estimate of drug-likeness (QED) is 0.764. The van der Waals surface area contributed by atoms with Crippen molar-refractivity contribution in [2.45, 2.75) is 25.2 Å². The summed E-state index contributed by atoms with van der Waals surface area (Å²) in [5, 5.41) is 10.2. The van der Waals surface area contributed by atoms with Gasteiger partial charge in [0.25, 0.3) is 0 Å². The first-order valence-corrected chi connectivity index (χ1v) is 8.32. The van der Waals surface area contributed by atoms with Crippen LogP contribution >= 0.6 is 22.9 Å². The molecule has 0 saturated heterocycles. The Labute approximate surface area is 136 Å². The van der Waals surface area contributed by atoms with Crippen molar-refractivity contribution in [3.05, 3.63) is 46.1 Å². The van der Waals surface area contributed by atoms with E-state index >= 15 is 0 Å². The number of carboxylic acid groups (broad SMARTS) is 1. The number of aromatic nitrogens is 2. The summed E-state index contributed by atoms with van der Waals surface area (Å²) in [6.07, 6.45) is 4.51. The maximum absolute atomic E-state index is 11.5. The fourth-order valence-corrected chi connectivity index (χ4v) is 4.38. The topological polar surface area (TPSA) is 54.6 Å². The normalized spacial score (nSPS) is 17.6. The molecule has 3 aromatic rings. The zero-order valence-electron chi connectivity index (χ0n) is 11.6. The van der Waals surface area contributed by atoms with Crippen LogP contribution in [0.1, 0.15) is 29.3 Å². The number of carboxylic acids is 1. The molecule has 4 rings (SSSR count). The van der Waals surface area contributed by atoms with Gasteiger partial charge in [-0.15, -0.1) is 11.3 Å². The Kier molecular flexibility index (Phi) is 3.20. The number of benzene rings is 1. The predicted molar refractivity (Wildman–Crippen MR) is 86.8 cm³/mol. The molecule has 1 aliphatic carbocycles. The third kappa shape index (κ3) is 2.12. The molecule has 1 aromatic carbocycles. The number of fused-ring (bicyclic) bond motifs is 3. The lowest BCUT2D eigenvalue weighted by atomic mass is 9.91. The second-order valence-corrected chi connectivity index (χ2v) is 6.98. The van der Waals surface area contributed by atoms with Crippen molar-refractivity contribution >= 4 is 33.9 Å². The van der Waals surface area contributed by atoms with Crippen LogP contribution in [-0.4, -0.2) is 20.5 Å². The minimum Gasteiger partial charge on any atom is -0.481 e. The first-order chi connectivity index (χ1) is 10.6. The molecule has 2 aromatic heterocycles. The summed E-state index contributed by atoms with van der Waals surface area (Å²) in [7, 11) is 0. The summed E-state index contributed by atoms with van der Waals surface area (Å²) < 4.78 is 1.96. The molecular weight excluding hydrogens is 320 g/mol. The molecule has 6 heteroatoms. The number of thiazole rings is 1. The molecule has 1 aliphatic rings. The fraction of sp³-hybridized carbons (Fsp3) is 0.250. The maximum Gasteiger partial charge on any atom is 0.312 e. The van der Waals surface area contributed by atoms with Crippen LogP contribution in [0, 0.1) is 0 Å².